The molecule has 0 amide bonds. The van der Waals surface area contributed by atoms with Gasteiger partial charge in [0.2, 0.25) is 0 Å². The normalized spacial score (nSPS) is 14.9. The van der Waals surface area contributed by atoms with E-state index in [4.69, 9.17) is 18.9 Å². The average molecular weight is 537 g/mol. The second kappa shape index (κ2) is 10.9. The Morgan fingerprint density at radius 1 is 1.00 bits per heavy atom. The van der Waals surface area contributed by atoms with Crippen molar-refractivity contribution in [3.8, 4) is 17.2 Å². The molecule has 0 aliphatic carbocycles. The molecule has 196 valence electrons. The molecule has 0 saturated heterocycles. The summed E-state index contributed by atoms with van der Waals surface area (Å²) in [6.45, 7) is 4.25. The van der Waals surface area contributed by atoms with Crippen molar-refractivity contribution < 1.29 is 33.3 Å². The number of ether oxygens (including phenoxy) is 4. The molecule has 38 heavy (non-hydrogen) atoms. The molecule has 10 nitrogen and oxygen atoms in total. The predicted octanol–water partition coefficient (Wildman–Crippen LogP) is 2.27. The number of carbonyl (C=O) groups excluding carboxylic acids is 3. The molecule has 0 spiro atoms. The van der Waals surface area contributed by atoms with Crippen LogP contribution in [0.1, 0.15) is 37.9 Å². The van der Waals surface area contributed by atoms with Crippen molar-refractivity contribution in [3.63, 3.8) is 0 Å². The van der Waals surface area contributed by atoms with Crippen LogP contribution < -0.4 is 29.1 Å². The van der Waals surface area contributed by atoms with Gasteiger partial charge in [0.05, 0.1) is 36.1 Å². The first kappa shape index (κ1) is 26.6. The maximum atomic E-state index is 13.7. The molecule has 1 atom stereocenters. The van der Waals surface area contributed by atoms with E-state index in [2.05, 4.69) is 4.99 Å². The van der Waals surface area contributed by atoms with E-state index < -0.39 is 23.9 Å². The van der Waals surface area contributed by atoms with Crippen molar-refractivity contribution in [2.45, 2.75) is 26.8 Å². The molecule has 1 aliphatic heterocycles. The zero-order valence-electron chi connectivity index (χ0n) is 21.3. The molecule has 3 aromatic rings. The number of hydrogen-bond donors (Lipinski definition) is 0. The Morgan fingerprint density at radius 3 is 2.39 bits per heavy atom. The molecular formula is C27H24N2O8S. The number of benzene rings is 2. The van der Waals surface area contributed by atoms with Gasteiger partial charge in [0.25, 0.3) is 5.56 Å². The van der Waals surface area contributed by atoms with E-state index in [9.17, 15) is 19.2 Å². The Hall–Kier alpha value is -4.51. The zero-order chi connectivity index (χ0) is 27.6. The van der Waals surface area contributed by atoms with Crippen molar-refractivity contribution in [1.29, 1.82) is 0 Å². The van der Waals surface area contributed by atoms with E-state index in [0.717, 1.165) is 11.3 Å². The third kappa shape index (κ3) is 5.28. The Kier molecular flexibility index (Phi) is 7.58. The summed E-state index contributed by atoms with van der Waals surface area (Å²) in [6, 6.07) is 10.7. The van der Waals surface area contributed by atoms with Crippen LogP contribution in [-0.2, 0) is 19.1 Å². The zero-order valence-corrected chi connectivity index (χ0v) is 22.1. The monoisotopic (exact) mass is 536 g/mol. The van der Waals surface area contributed by atoms with Crippen LogP contribution in [0.15, 0.2) is 63.5 Å². The first-order valence-electron chi connectivity index (χ1n) is 11.4. The van der Waals surface area contributed by atoms with Crippen LogP contribution in [0, 0.1) is 0 Å². The van der Waals surface area contributed by atoms with Crippen LogP contribution in [0.3, 0.4) is 0 Å². The molecule has 0 bridgehead atoms. The van der Waals surface area contributed by atoms with Gasteiger partial charge in [-0.2, -0.15) is 0 Å². The minimum Gasteiger partial charge on any atom is -0.493 e. The van der Waals surface area contributed by atoms with Crippen molar-refractivity contribution in [1.82, 2.24) is 4.57 Å². The number of esters is 3. The number of fused-ring (bicyclic) bond motifs is 1. The molecule has 0 saturated carbocycles. The smallest absolute Gasteiger partial charge is 0.338 e. The minimum atomic E-state index is -0.881. The number of hydrogen-bond acceptors (Lipinski definition) is 10. The molecule has 4 rings (SSSR count). The van der Waals surface area contributed by atoms with Gasteiger partial charge in [-0.05, 0) is 48.4 Å². The standard InChI is InChI=1S/C27H24N2O8S/c1-14-23(26(33)35-5)24(18-9-10-20(37-16(3)31)21(13-18)34-4)29-25(32)22(38-27(29)28-14)12-17-7-6-8-19(11-17)36-15(2)30/h6-13,24H,1-5H3. The van der Waals surface area contributed by atoms with Gasteiger partial charge in [-0.1, -0.05) is 29.5 Å². The molecule has 2 heterocycles. The Bertz CT molecular complexity index is 1660. The average Bonchev–Trinajstić information content (AvgIpc) is 3.16. The highest BCUT2D eigenvalue weighted by atomic mass is 32.1. The van der Waals surface area contributed by atoms with Crippen LogP contribution in [-0.4, -0.2) is 36.7 Å². The number of aromatic nitrogens is 1. The third-order valence-corrected chi connectivity index (χ3v) is 6.58. The lowest BCUT2D eigenvalue weighted by atomic mass is 9.95. The number of thiazole rings is 1. The van der Waals surface area contributed by atoms with Crippen LogP contribution in [0.4, 0.5) is 0 Å². The second-order valence-corrected chi connectivity index (χ2v) is 9.25. The second-order valence-electron chi connectivity index (χ2n) is 8.24. The highest BCUT2D eigenvalue weighted by molar-refractivity contribution is 7.07. The Labute approximate surface area is 221 Å². The molecule has 1 unspecified atom stereocenters. The third-order valence-electron chi connectivity index (χ3n) is 5.60. The Morgan fingerprint density at radius 2 is 1.74 bits per heavy atom. The van der Waals surface area contributed by atoms with E-state index in [1.807, 2.05) is 0 Å². The van der Waals surface area contributed by atoms with Crippen molar-refractivity contribution in [2.24, 2.45) is 4.99 Å². The molecule has 1 aliphatic rings. The van der Waals surface area contributed by atoms with Crippen LogP contribution in [0.2, 0.25) is 0 Å². The van der Waals surface area contributed by atoms with Gasteiger partial charge in [-0.3, -0.25) is 19.0 Å². The lowest BCUT2D eigenvalue weighted by Crippen LogP contribution is -2.39. The van der Waals surface area contributed by atoms with E-state index in [-0.39, 0.29) is 22.6 Å². The number of rotatable bonds is 6. The van der Waals surface area contributed by atoms with Gasteiger partial charge < -0.3 is 18.9 Å². The lowest BCUT2D eigenvalue weighted by molar-refractivity contribution is -0.136. The summed E-state index contributed by atoms with van der Waals surface area (Å²) in [5, 5.41) is 0. The van der Waals surface area contributed by atoms with Gasteiger partial charge in [0.15, 0.2) is 16.3 Å². The fraction of sp³-hybridized carbons (Fsp3) is 0.222. The first-order chi connectivity index (χ1) is 18.1. The predicted molar refractivity (Wildman–Crippen MR) is 138 cm³/mol. The van der Waals surface area contributed by atoms with Crippen LogP contribution >= 0.6 is 11.3 Å². The van der Waals surface area contributed by atoms with Gasteiger partial charge >= 0.3 is 17.9 Å². The van der Waals surface area contributed by atoms with Crippen LogP contribution in [0.25, 0.3) is 6.08 Å². The van der Waals surface area contributed by atoms with E-state index in [1.165, 1.54) is 38.7 Å². The summed E-state index contributed by atoms with van der Waals surface area (Å²) >= 11 is 1.16. The summed E-state index contributed by atoms with van der Waals surface area (Å²) in [7, 11) is 2.68. The van der Waals surface area contributed by atoms with Crippen molar-refractivity contribution in [3.05, 3.63) is 84.5 Å². The summed E-state index contributed by atoms with van der Waals surface area (Å²) in [5.41, 5.74) is 1.37. The number of allylic oxidation sites excluding steroid dienone is 1. The van der Waals surface area contributed by atoms with Crippen molar-refractivity contribution in [2.75, 3.05) is 14.2 Å². The Balaban J connectivity index is 1.92. The molecule has 0 radical (unpaired) electrons. The summed E-state index contributed by atoms with van der Waals surface area (Å²) < 4.78 is 22.6. The van der Waals surface area contributed by atoms with Gasteiger partial charge in [0, 0.05) is 13.8 Å². The molecule has 11 heteroatoms. The fourth-order valence-corrected chi connectivity index (χ4v) is 5.13. The topological polar surface area (TPSA) is 122 Å². The molecular weight excluding hydrogens is 512 g/mol. The van der Waals surface area contributed by atoms with Gasteiger partial charge in [-0.15, -0.1) is 0 Å². The highest BCUT2D eigenvalue weighted by Gasteiger charge is 2.33. The van der Waals surface area contributed by atoms with Gasteiger partial charge in [0.1, 0.15) is 5.75 Å². The lowest BCUT2D eigenvalue weighted by Gasteiger charge is -2.25. The summed E-state index contributed by atoms with van der Waals surface area (Å²) in [6.07, 6.45) is 1.66. The molecule has 0 fully saturated rings. The molecule has 1 aromatic heterocycles. The van der Waals surface area contributed by atoms with Crippen molar-refractivity contribution >= 4 is 35.3 Å². The van der Waals surface area contributed by atoms with Gasteiger partial charge in [-0.25, -0.2) is 9.79 Å². The highest BCUT2D eigenvalue weighted by Crippen LogP contribution is 2.36. The summed E-state index contributed by atoms with van der Waals surface area (Å²) in [5.74, 6) is -0.816. The summed E-state index contributed by atoms with van der Waals surface area (Å²) in [4.78, 5) is 54.3. The fourth-order valence-electron chi connectivity index (χ4n) is 4.09. The van der Waals surface area contributed by atoms with E-state index in [0.29, 0.717) is 31.9 Å². The van der Waals surface area contributed by atoms with E-state index in [1.54, 1.807) is 49.4 Å². The minimum absolute atomic E-state index is 0.186. The largest absolute Gasteiger partial charge is 0.493 e. The number of methoxy groups -OCH3 is 2. The first-order valence-corrected chi connectivity index (χ1v) is 12.2. The maximum absolute atomic E-state index is 13.7. The molecule has 0 N–H and O–H groups in total. The molecule has 2 aromatic carbocycles. The number of nitrogens with zero attached hydrogens (tertiary/aromatic N) is 2. The quantitative estimate of drug-likeness (QED) is 0.347. The van der Waals surface area contributed by atoms with E-state index >= 15 is 0 Å². The SMILES string of the molecule is COC(=O)C1=C(C)N=c2sc(=Cc3cccc(OC(C)=O)c3)c(=O)n2C1c1ccc(OC(C)=O)c(OC)c1. The van der Waals surface area contributed by atoms with Crippen LogP contribution in [0.5, 0.6) is 17.2 Å². The number of carbonyl (C=O) groups is 3. The maximum Gasteiger partial charge on any atom is 0.338 e.